The minimum atomic E-state index is 0.325. The van der Waals surface area contributed by atoms with Gasteiger partial charge in [0, 0.05) is 35.7 Å². The molecular formula is C15H20BrN3O. The van der Waals surface area contributed by atoms with Crippen LogP contribution in [-0.2, 0) is 11.3 Å². The SMILES string of the molecule is C[C@@H]1CN(CCn2cc3cc(Br)ccc3n2)C[C@H](C)O1. The Bertz CT molecular complexity index is 588. The maximum atomic E-state index is 5.76. The number of morpholine rings is 1. The fourth-order valence-electron chi connectivity index (χ4n) is 2.87. The Morgan fingerprint density at radius 3 is 2.75 bits per heavy atom. The Kier molecular flexibility index (Phi) is 4.10. The monoisotopic (exact) mass is 337 g/mol. The molecule has 0 amide bonds. The van der Waals surface area contributed by atoms with Crippen molar-refractivity contribution in [2.75, 3.05) is 19.6 Å². The van der Waals surface area contributed by atoms with Gasteiger partial charge in [-0.2, -0.15) is 5.10 Å². The van der Waals surface area contributed by atoms with Crippen LogP contribution in [0.5, 0.6) is 0 Å². The van der Waals surface area contributed by atoms with Crippen LogP contribution in [0.3, 0.4) is 0 Å². The Hall–Kier alpha value is -0.910. The summed E-state index contributed by atoms with van der Waals surface area (Å²) in [7, 11) is 0. The average molecular weight is 338 g/mol. The molecule has 0 unspecified atom stereocenters. The van der Waals surface area contributed by atoms with E-state index < -0.39 is 0 Å². The van der Waals surface area contributed by atoms with Crippen LogP contribution in [0.4, 0.5) is 0 Å². The Morgan fingerprint density at radius 1 is 1.25 bits per heavy atom. The first kappa shape index (κ1) is 14.0. The van der Waals surface area contributed by atoms with Crippen molar-refractivity contribution in [2.45, 2.75) is 32.6 Å². The van der Waals surface area contributed by atoms with Gasteiger partial charge in [-0.15, -0.1) is 0 Å². The highest BCUT2D eigenvalue weighted by atomic mass is 79.9. The zero-order chi connectivity index (χ0) is 14.1. The van der Waals surface area contributed by atoms with Gasteiger partial charge in [-0.25, -0.2) is 0 Å². The van der Waals surface area contributed by atoms with E-state index in [-0.39, 0.29) is 0 Å². The van der Waals surface area contributed by atoms with E-state index in [1.54, 1.807) is 0 Å². The second kappa shape index (κ2) is 5.84. The summed E-state index contributed by atoms with van der Waals surface area (Å²) in [6.07, 6.45) is 2.77. The van der Waals surface area contributed by atoms with Crippen LogP contribution in [0, 0.1) is 0 Å². The van der Waals surface area contributed by atoms with E-state index in [1.165, 1.54) is 5.39 Å². The Labute approximate surface area is 127 Å². The summed E-state index contributed by atoms with van der Waals surface area (Å²) in [6.45, 7) is 8.25. The molecule has 0 saturated carbocycles. The minimum Gasteiger partial charge on any atom is -0.373 e. The van der Waals surface area contributed by atoms with Crippen molar-refractivity contribution in [3.63, 3.8) is 0 Å². The van der Waals surface area contributed by atoms with Crippen LogP contribution in [-0.4, -0.2) is 46.5 Å². The summed E-state index contributed by atoms with van der Waals surface area (Å²) in [5, 5.41) is 5.80. The van der Waals surface area contributed by atoms with Gasteiger partial charge in [-0.1, -0.05) is 15.9 Å². The molecular weight excluding hydrogens is 318 g/mol. The van der Waals surface area contributed by atoms with Gasteiger partial charge in [0.05, 0.1) is 24.3 Å². The van der Waals surface area contributed by atoms with Gasteiger partial charge in [0.1, 0.15) is 0 Å². The summed E-state index contributed by atoms with van der Waals surface area (Å²) in [5.74, 6) is 0. The van der Waals surface area contributed by atoms with Crippen molar-refractivity contribution >= 4 is 26.8 Å². The minimum absolute atomic E-state index is 0.325. The van der Waals surface area contributed by atoms with Crippen LogP contribution in [0.25, 0.3) is 10.9 Å². The van der Waals surface area contributed by atoms with Crippen LogP contribution >= 0.6 is 15.9 Å². The van der Waals surface area contributed by atoms with Crippen molar-refractivity contribution in [1.29, 1.82) is 0 Å². The molecule has 1 aromatic heterocycles. The van der Waals surface area contributed by atoms with E-state index in [9.17, 15) is 0 Å². The first-order valence-electron chi connectivity index (χ1n) is 7.11. The van der Waals surface area contributed by atoms with Gasteiger partial charge in [0.15, 0.2) is 0 Å². The molecule has 2 heterocycles. The number of aromatic nitrogens is 2. The molecule has 1 fully saturated rings. The zero-order valence-corrected chi connectivity index (χ0v) is 13.5. The van der Waals surface area contributed by atoms with Crippen molar-refractivity contribution in [2.24, 2.45) is 0 Å². The number of ether oxygens (including phenoxy) is 1. The molecule has 5 heteroatoms. The van der Waals surface area contributed by atoms with Crippen molar-refractivity contribution in [3.8, 4) is 0 Å². The molecule has 1 aromatic carbocycles. The molecule has 2 aromatic rings. The molecule has 3 rings (SSSR count). The largest absolute Gasteiger partial charge is 0.373 e. The molecule has 0 N–H and O–H groups in total. The van der Waals surface area contributed by atoms with Gasteiger partial charge in [0.25, 0.3) is 0 Å². The van der Waals surface area contributed by atoms with Gasteiger partial charge in [-0.05, 0) is 32.0 Å². The lowest BCUT2D eigenvalue weighted by molar-refractivity contribution is -0.0687. The molecule has 20 heavy (non-hydrogen) atoms. The molecule has 1 aliphatic rings. The first-order chi connectivity index (χ1) is 9.60. The molecule has 2 atom stereocenters. The third kappa shape index (κ3) is 3.22. The molecule has 4 nitrogen and oxygen atoms in total. The first-order valence-corrected chi connectivity index (χ1v) is 7.90. The molecule has 0 radical (unpaired) electrons. The van der Waals surface area contributed by atoms with Gasteiger partial charge >= 0.3 is 0 Å². The normalized spacial score (nSPS) is 24.4. The highest BCUT2D eigenvalue weighted by molar-refractivity contribution is 9.10. The topological polar surface area (TPSA) is 30.3 Å². The van der Waals surface area contributed by atoms with Crippen molar-refractivity contribution < 1.29 is 4.74 Å². The van der Waals surface area contributed by atoms with E-state index in [2.05, 4.69) is 58.1 Å². The average Bonchev–Trinajstić information content (AvgIpc) is 2.77. The molecule has 0 aliphatic carbocycles. The number of rotatable bonds is 3. The maximum absolute atomic E-state index is 5.76. The number of hydrogen-bond donors (Lipinski definition) is 0. The Balaban J connectivity index is 1.64. The number of halogens is 1. The molecule has 1 saturated heterocycles. The predicted octanol–water partition coefficient (Wildman–Crippen LogP) is 2.91. The molecule has 0 bridgehead atoms. The molecule has 108 valence electrons. The third-order valence-corrected chi connectivity index (χ3v) is 4.15. The van der Waals surface area contributed by atoms with E-state index in [0.717, 1.165) is 36.2 Å². The lowest BCUT2D eigenvalue weighted by Crippen LogP contribution is -2.46. The number of nitrogens with zero attached hydrogens (tertiary/aromatic N) is 3. The third-order valence-electron chi connectivity index (χ3n) is 3.65. The predicted molar refractivity (Wildman–Crippen MR) is 83.9 cm³/mol. The zero-order valence-electron chi connectivity index (χ0n) is 11.9. The van der Waals surface area contributed by atoms with Crippen molar-refractivity contribution in [1.82, 2.24) is 14.7 Å². The standard InChI is InChI=1S/C15H20BrN3O/c1-11-8-18(9-12(2)20-11)5-6-19-10-13-7-14(16)3-4-15(13)17-19/h3-4,7,10-12H,5-6,8-9H2,1-2H3/t11-,12+. The van der Waals surface area contributed by atoms with E-state index >= 15 is 0 Å². The summed E-state index contributed by atoms with van der Waals surface area (Å²) in [4.78, 5) is 2.46. The summed E-state index contributed by atoms with van der Waals surface area (Å²) in [5.41, 5.74) is 1.05. The number of benzene rings is 1. The van der Waals surface area contributed by atoms with Crippen LogP contribution in [0.15, 0.2) is 28.9 Å². The van der Waals surface area contributed by atoms with Gasteiger partial charge in [-0.3, -0.25) is 9.58 Å². The Morgan fingerprint density at radius 2 is 2.00 bits per heavy atom. The van der Waals surface area contributed by atoms with E-state index in [0.29, 0.717) is 12.2 Å². The quantitative estimate of drug-likeness (QED) is 0.862. The lowest BCUT2D eigenvalue weighted by Gasteiger charge is -2.35. The molecule has 1 aliphatic heterocycles. The summed E-state index contributed by atoms with van der Waals surface area (Å²) in [6, 6.07) is 6.19. The van der Waals surface area contributed by atoms with Gasteiger partial charge in [0.2, 0.25) is 0 Å². The molecule has 0 spiro atoms. The number of hydrogen-bond acceptors (Lipinski definition) is 3. The van der Waals surface area contributed by atoms with E-state index in [1.807, 2.05) is 10.7 Å². The fraction of sp³-hybridized carbons (Fsp3) is 0.533. The second-order valence-corrected chi connectivity index (χ2v) is 6.53. The van der Waals surface area contributed by atoms with Gasteiger partial charge < -0.3 is 4.74 Å². The van der Waals surface area contributed by atoms with Crippen molar-refractivity contribution in [3.05, 3.63) is 28.9 Å². The van der Waals surface area contributed by atoms with Crippen LogP contribution in [0.2, 0.25) is 0 Å². The van der Waals surface area contributed by atoms with Crippen LogP contribution < -0.4 is 0 Å². The smallest absolute Gasteiger partial charge is 0.0924 e. The lowest BCUT2D eigenvalue weighted by atomic mass is 10.2. The van der Waals surface area contributed by atoms with Crippen LogP contribution in [0.1, 0.15) is 13.8 Å². The highest BCUT2D eigenvalue weighted by Gasteiger charge is 2.21. The fourth-order valence-corrected chi connectivity index (χ4v) is 3.25. The summed E-state index contributed by atoms with van der Waals surface area (Å²) >= 11 is 3.50. The highest BCUT2D eigenvalue weighted by Crippen LogP contribution is 2.18. The summed E-state index contributed by atoms with van der Waals surface area (Å²) < 4.78 is 8.90. The number of fused-ring (bicyclic) bond motifs is 1. The maximum Gasteiger partial charge on any atom is 0.0924 e. The van der Waals surface area contributed by atoms with E-state index in [4.69, 9.17) is 4.74 Å². The second-order valence-electron chi connectivity index (χ2n) is 5.61.